The van der Waals surface area contributed by atoms with Crippen molar-refractivity contribution >= 4 is 29.0 Å². The number of hydrogen-bond acceptors (Lipinski definition) is 5. The minimum Gasteiger partial charge on any atom is -0.496 e. The van der Waals surface area contributed by atoms with E-state index in [9.17, 15) is 9.59 Å². The van der Waals surface area contributed by atoms with Gasteiger partial charge in [0.2, 0.25) is 0 Å². The SMILES string of the molecule is COc1cc(N2CCN(C(=O)N3CCC(c4cn[nH]c4)C3)c3ccccc32)ccc1C(=O)NC1CC1. The Morgan fingerprint density at radius 2 is 1.89 bits per heavy atom. The van der Waals surface area contributed by atoms with Gasteiger partial charge in [-0.1, -0.05) is 12.1 Å². The number of nitrogens with one attached hydrogen (secondary N) is 2. The van der Waals surface area contributed by atoms with Crippen LogP contribution in [0.1, 0.15) is 41.1 Å². The number of nitrogens with zero attached hydrogens (tertiary/aromatic N) is 4. The zero-order valence-corrected chi connectivity index (χ0v) is 20.3. The fourth-order valence-electron chi connectivity index (χ4n) is 5.22. The van der Waals surface area contributed by atoms with Crippen LogP contribution in [0.5, 0.6) is 5.75 Å². The van der Waals surface area contributed by atoms with Crippen LogP contribution in [-0.4, -0.2) is 66.4 Å². The Morgan fingerprint density at radius 3 is 2.64 bits per heavy atom. The van der Waals surface area contributed by atoms with Crippen molar-refractivity contribution in [3.8, 4) is 5.75 Å². The molecule has 1 aliphatic carbocycles. The number of amides is 3. The minimum atomic E-state index is -0.101. The third-order valence-corrected chi connectivity index (χ3v) is 7.34. The average molecular weight is 487 g/mol. The van der Waals surface area contributed by atoms with Crippen molar-refractivity contribution in [3.63, 3.8) is 0 Å². The van der Waals surface area contributed by atoms with Crippen molar-refractivity contribution in [2.45, 2.75) is 31.2 Å². The Balaban J connectivity index is 1.23. The Morgan fingerprint density at radius 1 is 1.06 bits per heavy atom. The number of fused-ring (bicyclic) bond motifs is 1. The third-order valence-electron chi connectivity index (χ3n) is 7.34. The molecule has 2 aromatic carbocycles. The van der Waals surface area contributed by atoms with Gasteiger partial charge in [0, 0.05) is 56.1 Å². The zero-order chi connectivity index (χ0) is 24.6. The van der Waals surface area contributed by atoms with Crippen molar-refractivity contribution in [2.24, 2.45) is 0 Å². The molecule has 2 N–H and O–H groups in total. The van der Waals surface area contributed by atoms with E-state index in [-0.39, 0.29) is 18.0 Å². The first kappa shape index (κ1) is 22.5. The lowest BCUT2D eigenvalue weighted by molar-refractivity contribution is 0.0948. The Hall–Kier alpha value is -4.01. The average Bonchev–Trinajstić information content (AvgIpc) is 3.34. The molecule has 36 heavy (non-hydrogen) atoms. The van der Waals surface area contributed by atoms with Gasteiger partial charge in [0.05, 0.1) is 30.2 Å². The largest absolute Gasteiger partial charge is 0.496 e. The van der Waals surface area contributed by atoms with Crippen molar-refractivity contribution in [2.75, 3.05) is 43.1 Å². The second kappa shape index (κ2) is 9.22. The van der Waals surface area contributed by atoms with E-state index in [0.717, 1.165) is 48.4 Å². The van der Waals surface area contributed by atoms with Gasteiger partial charge in [0.15, 0.2) is 0 Å². The maximum atomic E-state index is 13.6. The van der Waals surface area contributed by atoms with E-state index >= 15 is 0 Å². The van der Waals surface area contributed by atoms with E-state index in [4.69, 9.17) is 4.74 Å². The molecule has 6 rings (SSSR count). The van der Waals surface area contributed by atoms with Crippen LogP contribution in [0.25, 0.3) is 0 Å². The predicted molar refractivity (Wildman–Crippen MR) is 137 cm³/mol. The molecule has 3 aliphatic rings. The molecule has 2 aliphatic heterocycles. The van der Waals surface area contributed by atoms with Crippen LogP contribution in [-0.2, 0) is 0 Å². The van der Waals surface area contributed by atoms with Gasteiger partial charge in [-0.25, -0.2) is 4.79 Å². The van der Waals surface area contributed by atoms with E-state index in [1.54, 1.807) is 7.11 Å². The molecule has 2 fully saturated rings. The molecule has 3 heterocycles. The summed E-state index contributed by atoms with van der Waals surface area (Å²) in [6.07, 6.45) is 6.78. The van der Waals surface area contributed by atoms with Crippen LogP contribution in [0.2, 0.25) is 0 Å². The quantitative estimate of drug-likeness (QED) is 0.571. The summed E-state index contributed by atoms with van der Waals surface area (Å²) in [7, 11) is 1.59. The summed E-state index contributed by atoms with van der Waals surface area (Å²) in [6, 6.07) is 14.0. The number of aromatic nitrogens is 2. The first-order valence-corrected chi connectivity index (χ1v) is 12.5. The highest BCUT2D eigenvalue weighted by atomic mass is 16.5. The molecule has 1 saturated carbocycles. The molecule has 1 unspecified atom stereocenters. The van der Waals surface area contributed by atoms with E-state index in [0.29, 0.717) is 36.9 Å². The highest BCUT2D eigenvalue weighted by molar-refractivity contribution is 6.00. The highest BCUT2D eigenvalue weighted by Crippen LogP contribution is 2.40. The van der Waals surface area contributed by atoms with Crippen LogP contribution >= 0.6 is 0 Å². The van der Waals surface area contributed by atoms with Crippen molar-refractivity contribution in [1.82, 2.24) is 20.4 Å². The van der Waals surface area contributed by atoms with Crippen molar-refractivity contribution in [3.05, 3.63) is 66.0 Å². The number of aromatic amines is 1. The number of methoxy groups -OCH3 is 1. The molecule has 1 atom stereocenters. The predicted octanol–water partition coefficient (Wildman–Crippen LogP) is 3.88. The first-order chi connectivity index (χ1) is 17.6. The maximum Gasteiger partial charge on any atom is 0.324 e. The molecule has 0 spiro atoms. The number of hydrogen-bond donors (Lipinski definition) is 2. The van der Waals surface area contributed by atoms with Gasteiger partial charge in [-0.15, -0.1) is 0 Å². The second-order valence-electron chi connectivity index (χ2n) is 9.67. The summed E-state index contributed by atoms with van der Waals surface area (Å²) in [5.41, 5.74) is 4.46. The zero-order valence-electron chi connectivity index (χ0n) is 20.3. The smallest absolute Gasteiger partial charge is 0.324 e. The number of rotatable bonds is 5. The fourth-order valence-corrected chi connectivity index (χ4v) is 5.22. The highest BCUT2D eigenvalue weighted by Gasteiger charge is 2.35. The van der Waals surface area contributed by atoms with Crippen LogP contribution < -0.4 is 19.9 Å². The van der Waals surface area contributed by atoms with Gasteiger partial charge in [-0.05, 0) is 49.1 Å². The molecule has 9 nitrogen and oxygen atoms in total. The summed E-state index contributed by atoms with van der Waals surface area (Å²) >= 11 is 0. The maximum absolute atomic E-state index is 13.6. The standard InChI is InChI=1S/C27H30N6O3/c1-36-25-14-21(8-9-22(25)26(34)30-20-6-7-20)32-12-13-33(24-5-3-2-4-23(24)32)27(35)31-11-10-18(17-31)19-15-28-29-16-19/h2-5,8-9,14-16,18,20H,6-7,10-13,17H2,1H3,(H,28,29)(H,30,34). The summed E-state index contributed by atoms with van der Waals surface area (Å²) in [4.78, 5) is 32.2. The normalized spacial score (nSPS) is 19.2. The van der Waals surface area contributed by atoms with Crippen LogP contribution in [0.15, 0.2) is 54.9 Å². The second-order valence-corrected chi connectivity index (χ2v) is 9.67. The molecule has 0 bridgehead atoms. The van der Waals surface area contributed by atoms with Crippen LogP contribution in [0, 0.1) is 0 Å². The Labute approximate surface area is 210 Å². The molecule has 9 heteroatoms. The lowest BCUT2D eigenvalue weighted by Gasteiger charge is -2.39. The minimum absolute atomic E-state index is 0.0396. The van der Waals surface area contributed by atoms with E-state index in [2.05, 4.69) is 20.4 Å². The molecular weight excluding hydrogens is 456 g/mol. The van der Waals surface area contributed by atoms with Crippen molar-refractivity contribution in [1.29, 1.82) is 0 Å². The lowest BCUT2D eigenvalue weighted by atomic mass is 10.0. The third kappa shape index (κ3) is 4.14. The number of carbonyl (C=O) groups is 2. The molecule has 3 amide bonds. The summed E-state index contributed by atoms with van der Waals surface area (Å²) in [5.74, 6) is 0.757. The number of benzene rings is 2. The summed E-state index contributed by atoms with van der Waals surface area (Å²) in [6.45, 7) is 2.63. The van der Waals surface area contributed by atoms with E-state index in [1.807, 2.05) is 64.7 Å². The monoisotopic (exact) mass is 486 g/mol. The number of anilines is 3. The van der Waals surface area contributed by atoms with E-state index < -0.39 is 0 Å². The molecule has 1 saturated heterocycles. The molecular formula is C27H30N6O3. The Kier molecular flexibility index (Phi) is 5.75. The van der Waals surface area contributed by atoms with Gasteiger partial charge < -0.3 is 19.9 Å². The fraction of sp³-hybridized carbons (Fsp3) is 0.370. The number of carbonyl (C=O) groups excluding carboxylic acids is 2. The molecule has 1 aromatic heterocycles. The van der Waals surface area contributed by atoms with Crippen molar-refractivity contribution < 1.29 is 14.3 Å². The van der Waals surface area contributed by atoms with Gasteiger partial charge in [-0.2, -0.15) is 5.10 Å². The van der Waals surface area contributed by atoms with Gasteiger partial charge >= 0.3 is 6.03 Å². The number of urea groups is 1. The lowest BCUT2D eigenvalue weighted by Crippen LogP contribution is -2.48. The van der Waals surface area contributed by atoms with Crippen LogP contribution in [0.4, 0.5) is 21.9 Å². The molecule has 186 valence electrons. The number of H-pyrrole nitrogens is 1. The van der Waals surface area contributed by atoms with Gasteiger partial charge in [-0.3, -0.25) is 14.8 Å². The van der Waals surface area contributed by atoms with Gasteiger partial charge in [0.25, 0.3) is 5.91 Å². The molecule has 3 aromatic rings. The number of ether oxygens (including phenoxy) is 1. The van der Waals surface area contributed by atoms with Crippen LogP contribution in [0.3, 0.4) is 0 Å². The number of likely N-dealkylation sites (tertiary alicyclic amines) is 1. The number of para-hydroxylation sites is 2. The Bertz CT molecular complexity index is 1270. The summed E-state index contributed by atoms with van der Waals surface area (Å²) < 4.78 is 5.59. The van der Waals surface area contributed by atoms with E-state index in [1.165, 1.54) is 0 Å². The first-order valence-electron chi connectivity index (χ1n) is 12.5. The van der Waals surface area contributed by atoms with Gasteiger partial charge in [0.1, 0.15) is 5.75 Å². The summed E-state index contributed by atoms with van der Waals surface area (Å²) in [5, 5.41) is 9.97. The topological polar surface area (TPSA) is 93.8 Å². The molecule has 0 radical (unpaired) electrons.